The molecule has 0 saturated carbocycles. The zero-order valence-electron chi connectivity index (χ0n) is 8.49. The molecule has 0 aliphatic carbocycles. The van der Waals surface area contributed by atoms with Crippen molar-refractivity contribution in [2.24, 2.45) is 5.92 Å². The molecule has 3 heteroatoms. The maximum atomic E-state index is 5.59. The van der Waals surface area contributed by atoms with E-state index in [1.807, 2.05) is 19.2 Å². The standard InChI is InChI=1S/C10H17N3/c1-8(2)7-13(3)10-6-4-5-9(11)12-10/h4-6,8H,7H2,1-3H3,(H2,11,12). The van der Waals surface area contributed by atoms with Crippen molar-refractivity contribution in [2.45, 2.75) is 13.8 Å². The minimum Gasteiger partial charge on any atom is -0.384 e. The first-order chi connectivity index (χ1) is 6.09. The fraction of sp³-hybridized carbons (Fsp3) is 0.500. The zero-order chi connectivity index (χ0) is 9.84. The molecule has 0 amide bonds. The van der Waals surface area contributed by atoms with Crippen LogP contribution in [-0.4, -0.2) is 18.6 Å². The maximum Gasteiger partial charge on any atom is 0.130 e. The summed E-state index contributed by atoms with van der Waals surface area (Å²) in [5.74, 6) is 2.15. The second-order valence-electron chi connectivity index (χ2n) is 3.70. The Labute approximate surface area is 79.6 Å². The van der Waals surface area contributed by atoms with Gasteiger partial charge < -0.3 is 10.6 Å². The largest absolute Gasteiger partial charge is 0.384 e. The molecule has 1 aromatic rings. The first-order valence-corrected chi connectivity index (χ1v) is 4.53. The van der Waals surface area contributed by atoms with E-state index in [1.165, 1.54) is 0 Å². The summed E-state index contributed by atoms with van der Waals surface area (Å²) in [5, 5.41) is 0. The van der Waals surface area contributed by atoms with Crippen LogP contribution in [0.15, 0.2) is 18.2 Å². The van der Waals surface area contributed by atoms with Crippen LogP contribution in [0.2, 0.25) is 0 Å². The van der Waals surface area contributed by atoms with Gasteiger partial charge in [-0.2, -0.15) is 0 Å². The molecule has 0 spiro atoms. The van der Waals surface area contributed by atoms with Gasteiger partial charge in [0.25, 0.3) is 0 Å². The lowest BCUT2D eigenvalue weighted by Crippen LogP contribution is -2.23. The van der Waals surface area contributed by atoms with Gasteiger partial charge in [0.05, 0.1) is 0 Å². The van der Waals surface area contributed by atoms with E-state index >= 15 is 0 Å². The van der Waals surface area contributed by atoms with Gasteiger partial charge in [0.15, 0.2) is 0 Å². The Hall–Kier alpha value is -1.25. The molecule has 3 nitrogen and oxygen atoms in total. The smallest absolute Gasteiger partial charge is 0.130 e. The van der Waals surface area contributed by atoms with Crippen molar-refractivity contribution in [2.75, 3.05) is 24.2 Å². The Bertz CT molecular complexity index is 271. The molecule has 2 N–H and O–H groups in total. The first-order valence-electron chi connectivity index (χ1n) is 4.53. The van der Waals surface area contributed by atoms with Gasteiger partial charge in [-0.05, 0) is 18.1 Å². The fourth-order valence-corrected chi connectivity index (χ4v) is 1.29. The van der Waals surface area contributed by atoms with E-state index in [9.17, 15) is 0 Å². The van der Waals surface area contributed by atoms with Crippen molar-refractivity contribution in [3.05, 3.63) is 18.2 Å². The van der Waals surface area contributed by atoms with Crippen LogP contribution in [-0.2, 0) is 0 Å². The quantitative estimate of drug-likeness (QED) is 0.768. The number of nitrogens with two attached hydrogens (primary N) is 1. The number of hydrogen-bond donors (Lipinski definition) is 1. The third-order valence-electron chi connectivity index (χ3n) is 1.79. The van der Waals surface area contributed by atoms with Gasteiger partial charge in [-0.15, -0.1) is 0 Å². The van der Waals surface area contributed by atoms with Crippen LogP contribution < -0.4 is 10.6 Å². The monoisotopic (exact) mass is 179 g/mol. The Balaban J connectivity index is 2.71. The number of nitrogen functional groups attached to an aromatic ring is 1. The minimum atomic E-state index is 0.577. The zero-order valence-corrected chi connectivity index (χ0v) is 8.49. The van der Waals surface area contributed by atoms with Crippen LogP contribution in [0.5, 0.6) is 0 Å². The second-order valence-corrected chi connectivity index (χ2v) is 3.70. The van der Waals surface area contributed by atoms with E-state index in [4.69, 9.17) is 5.73 Å². The number of anilines is 2. The number of aromatic nitrogens is 1. The van der Waals surface area contributed by atoms with Gasteiger partial charge in [0.1, 0.15) is 11.6 Å². The Morgan fingerprint density at radius 2 is 2.15 bits per heavy atom. The van der Waals surface area contributed by atoms with Crippen LogP contribution in [0.3, 0.4) is 0 Å². The molecule has 0 radical (unpaired) electrons. The Morgan fingerprint density at radius 1 is 1.46 bits per heavy atom. The molecular weight excluding hydrogens is 162 g/mol. The predicted octanol–water partition coefficient (Wildman–Crippen LogP) is 1.76. The van der Waals surface area contributed by atoms with Crippen molar-refractivity contribution in [1.29, 1.82) is 0 Å². The highest BCUT2D eigenvalue weighted by atomic mass is 15.2. The van der Waals surface area contributed by atoms with E-state index < -0.39 is 0 Å². The summed E-state index contributed by atoms with van der Waals surface area (Å²) in [6.45, 7) is 5.36. The van der Waals surface area contributed by atoms with E-state index in [0.717, 1.165) is 12.4 Å². The lowest BCUT2D eigenvalue weighted by molar-refractivity contribution is 0.635. The molecule has 0 bridgehead atoms. The van der Waals surface area contributed by atoms with E-state index in [-0.39, 0.29) is 0 Å². The fourth-order valence-electron chi connectivity index (χ4n) is 1.29. The summed E-state index contributed by atoms with van der Waals surface area (Å²) >= 11 is 0. The second kappa shape index (κ2) is 4.12. The van der Waals surface area contributed by atoms with Gasteiger partial charge >= 0.3 is 0 Å². The predicted molar refractivity (Wildman–Crippen MR) is 56.8 cm³/mol. The molecule has 13 heavy (non-hydrogen) atoms. The molecule has 0 aliphatic heterocycles. The molecule has 0 aromatic carbocycles. The summed E-state index contributed by atoms with van der Waals surface area (Å²) in [5.41, 5.74) is 5.59. The topological polar surface area (TPSA) is 42.1 Å². The minimum absolute atomic E-state index is 0.577. The molecule has 1 rings (SSSR count). The summed E-state index contributed by atoms with van der Waals surface area (Å²) < 4.78 is 0. The average molecular weight is 179 g/mol. The molecule has 0 unspecified atom stereocenters. The molecule has 1 aromatic heterocycles. The molecule has 0 fully saturated rings. The molecule has 0 saturated heterocycles. The van der Waals surface area contributed by atoms with E-state index in [1.54, 1.807) is 6.07 Å². The first kappa shape index (κ1) is 9.84. The maximum absolute atomic E-state index is 5.59. The Morgan fingerprint density at radius 3 is 2.69 bits per heavy atom. The molecule has 72 valence electrons. The van der Waals surface area contributed by atoms with Crippen LogP contribution in [0, 0.1) is 5.92 Å². The third kappa shape index (κ3) is 2.93. The van der Waals surface area contributed by atoms with Gasteiger partial charge in [-0.25, -0.2) is 4.98 Å². The lowest BCUT2D eigenvalue weighted by Gasteiger charge is -2.20. The van der Waals surface area contributed by atoms with Crippen LogP contribution >= 0.6 is 0 Å². The number of rotatable bonds is 3. The molecule has 0 aliphatic rings. The number of hydrogen-bond acceptors (Lipinski definition) is 3. The SMILES string of the molecule is CC(C)CN(C)c1cccc(N)n1. The highest BCUT2D eigenvalue weighted by molar-refractivity contribution is 5.43. The highest BCUT2D eigenvalue weighted by Gasteiger charge is 2.03. The van der Waals surface area contributed by atoms with Crippen molar-refractivity contribution >= 4 is 11.6 Å². The third-order valence-corrected chi connectivity index (χ3v) is 1.79. The number of pyridine rings is 1. The summed E-state index contributed by atoms with van der Waals surface area (Å²) in [4.78, 5) is 6.34. The summed E-state index contributed by atoms with van der Waals surface area (Å²) in [7, 11) is 2.03. The number of nitrogens with zero attached hydrogens (tertiary/aromatic N) is 2. The average Bonchev–Trinajstić information content (AvgIpc) is 2.03. The normalized spacial score (nSPS) is 10.5. The van der Waals surface area contributed by atoms with Crippen molar-refractivity contribution < 1.29 is 0 Å². The van der Waals surface area contributed by atoms with Crippen LogP contribution in [0.25, 0.3) is 0 Å². The molecular formula is C10H17N3. The van der Waals surface area contributed by atoms with Crippen molar-refractivity contribution in [3.63, 3.8) is 0 Å². The Kier molecular flexibility index (Phi) is 3.12. The summed E-state index contributed by atoms with van der Waals surface area (Å²) in [6.07, 6.45) is 0. The van der Waals surface area contributed by atoms with Crippen LogP contribution in [0.1, 0.15) is 13.8 Å². The van der Waals surface area contributed by atoms with E-state index in [0.29, 0.717) is 11.7 Å². The van der Waals surface area contributed by atoms with E-state index in [2.05, 4.69) is 23.7 Å². The van der Waals surface area contributed by atoms with Gasteiger partial charge in [-0.3, -0.25) is 0 Å². The van der Waals surface area contributed by atoms with Gasteiger partial charge in [0.2, 0.25) is 0 Å². The molecule has 0 atom stereocenters. The van der Waals surface area contributed by atoms with Crippen LogP contribution in [0.4, 0.5) is 11.6 Å². The van der Waals surface area contributed by atoms with Crippen molar-refractivity contribution in [1.82, 2.24) is 4.98 Å². The lowest BCUT2D eigenvalue weighted by atomic mass is 10.2. The summed E-state index contributed by atoms with van der Waals surface area (Å²) in [6, 6.07) is 5.69. The molecule has 1 heterocycles. The van der Waals surface area contributed by atoms with Gasteiger partial charge in [-0.1, -0.05) is 19.9 Å². The van der Waals surface area contributed by atoms with Crippen molar-refractivity contribution in [3.8, 4) is 0 Å². The van der Waals surface area contributed by atoms with Gasteiger partial charge in [0, 0.05) is 13.6 Å². The highest BCUT2D eigenvalue weighted by Crippen LogP contribution is 2.11.